The minimum atomic E-state index is -4.92. The van der Waals surface area contributed by atoms with E-state index in [1.807, 2.05) is 13.0 Å². The molecule has 0 aliphatic carbocycles. The molecule has 0 saturated carbocycles. The Hall–Kier alpha value is -4.61. The van der Waals surface area contributed by atoms with Gasteiger partial charge in [-0.15, -0.1) is 13.2 Å². The van der Waals surface area contributed by atoms with Crippen molar-refractivity contribution in [3.63, 3.8) is 0 Å². The molecule has 4 rings (SSSR count). The molecule has 0 N–H and O–H groups in total. The van der Waals surface area contributed by atoms with Gasteiger partial charge in [0.2, 0.25) is 0 Å². The largest absolute Gasteiger partial charge is 0.573 e. The van der Waals surface area contributed by atoms with Crippen LogP contribution in [0, 0.1) is 13.8 Å². The van der Waals surface area contributed by atoms with E-state index in [-0.39, 0.29) is 18.0 Å². The van der Waals surface area contributed by atoms with Crippen LogP contribution in [0.3, 0.4) is 0 Å². The second-order valence-corrected chi connectivity index (χ2v) is 16.8. The number of rotatable bonds is 31. The van der Waals surface area contributed by atoms with Crippen molar-refractivity contribution in [1.29, 1.82) is 0 Å². The van der Waals surface area contributed by atoms with Gasteiger partial charge in [-0.3, -0.25) is 0 Å². The van der Waals surface area contributed by atoms with Gasteiger partial charge in [0, 0.05) is 24.3 Å². The van der Waals surface area contributed by atoms with E-state index in [9.17, 15) is 18.0 Å². The first-order valence-electron chi connectivity index (χ1n) is 24.0. The molecule has 0 atom stereocenters. The lowest BCUT2D eigenvalue weighted by Crippen LogP contribution is -2.26. The van der Waals surface area contributed by atoms with Crippen LogP contribution < -0.4 is 15.0 Å². The summed E-state index contributed by atoms with van der Waals surface area (Å²) in [5.74, 6) is -0.165. The highest BCUT2D eigenvalue weighted by Crippen LogP contribution is 2.38. The van der Waals surface area contributed by atoms with Crippen molar-refractivity contribution in [2.45, 2.75) is 176 Å². The zero-order valence-electron chi connectivity index (χ0n) is 39.1. The number of fused-ring (bicyclic) bond motifs is 1. The first kappa shape index (κ1) is 51.0. The van der Waals surface area contributed by atoms with Crippen molar-refractivity contribution in [2.75, 3.05) is 31.2 Å². The van der Waals surface area contributed by atoms with E-state index in [0.717, 1.165) is 82.0 Å². The van der Waals surface area contributed by atoms with Crippen molar-refractivity contribution < 1.29 is 32.2 Å². The Kier molecular flexibility index (Phi) is 22.3. The molecule has 2 aromatic heterocycles. The number of aromatic nitrogens is 3. The minimum Gasteiger partial charge on any atom is -0.494 e. The van der Waals surface area contributed by atoms with E-state index in [2.05, 4.69) is 67.4 Å². The van der Waals surface area contributed by atoms with Crippen LogP contribution in [0.25, 0.3) is 22.9 Å². The number of hydrogen-bond donors (Lipinski definition) is 0. The Morgan fingerprint density at radius 2 is 1.33 bits per heavy atom. The lowest BCUT2D eigenvalue weighted by molar-refractivity contribution is -0.280. The highest BCUT2D eigenvalue weighted by Gasteiger charge is 2.30. The van der Waals surface area contributed by atoms with Gasteiger partial charge in [-0.2, -0.15) is 5.10 Å². The third-order valence-corrected chi connectivity index (χ3v) is 11.5. The Bertz CT molecular complexity index is 2030. The van der Waals surface area contributed by atoms with Gasteiger partial charge in [0.15, 0.2) is 17.7 Å². The number of carbonyl (C=O) groups excluding carboxylic acids is 1. The molecular formula is C51H74F3N5O4. The lowest BCUT2D eigenvalue weighted by Gasteiger charge is -2.26. The first-order chi connectivity index (χ1) is 30.5. The molecule has 9 nitrogen and oxygen atoms in total. The number of ether oxygens (including phenoxy) is 3. The quantitative estimate of drug-likeness (QED) is 0.0215. The average Bonchev–Trinajstić information content (AvgIpc) is 3.77. The predicted molar refractivity (Wildman–Crippen MR) is 251 cm³/mol. The summed E-state index contributed by atoms with van der Waals surface area (Å²) < 4.78 is 57.0. The van der Waals surface area contributed by atoms with E-state index < -0.39 is 12.3 Å². The maximum atomic E-state index is 14.1. The molecule has 0 aliphatic rings. The number of carbonyl (C=O) groups is 1. The average molecular weight is 878 g/mol. The number of hydrogen-bond acceptors (Lipinski definition) is 8. The number of benzene rings is 2. The fourth-order valence-electron chi connectivity index (χ4n) is 7.85. The Labute approximate surface area is 374 Å². The molecule has 0 unspecified atom stereocenters. The van der Waals surface area contributed by atoms with E-state index in [4.69, 9.17) is 19.6 Å². The van der Waals surface area contributed by atoms with Gasteiger partial charge >= 0.3 is 12.3 Å². The van der Waals surface area contributed by atoms with E-state index >= 15 is 0 Å². The standard InChI is InChI=1S/C51H74F3N5O4/c1-7-11-15-19-21-25-33-61-43-29-30-45(55-38-63-51(52,53)54)44(37-43)47-48(50(60)62-34-26-22-20-16-12-8-2)57-59-46(40(6)56-49(47)59)36-41-27-28-42(35-39(41)5)58(31-23-17-13-9-3)32-24-18-14-10-4/h27-30,35-38H,7-26,31-34H2,1-6H3/b46-36-,55-38?. The van der Waals surface area contributed by atoms with Gasteiger partial charge in [-0.1, -0.05) is 136 Å². The third kappa shape index (κ3) is 16.8. The molecule has 0 radical (unpaired) electrons. The topological polar surface area (TPSA) is 90.5 Å². The maximum absolute atomic E-state index is 14.1. The molecule has 12 heteroatoms. The van der Waals surface area contributed by atoms with Crippen LogP contribution in [0.5, 0.6) is 5.75 Å². The van der Waals surface area contributed by atoms with Crippen LogP contribution in [0.1, 0.15) is 183 Å². The summed E-state index contributed by atoms with van der Waals surface area (Å²) in [5, 5.41) is 5.53. The number of imidazole rings is 1. The second-order valence-electron chi connectivity index (χ2n) is 16.8. The summed E-state index contributed by atoms with van der Waals surface area (Å²) >= 11 is 0. The molecule has 0 amide bonds. The first-order valence-corrected chi connectivity index (χ1v) is 24.0. The summed E-state index contributed by atoms with van der Waals surface area (Å²) in [6.07, 6.45) is 19.8. The van der Waals surface area contributed by atoms with Crippen LogP contribution >= 0.6 is 0 Å². The van der Waals surface area contributed by atoms with Gasteiger partial charge in [-0.05, 0) is 87.1 Å². The number of nitrogens with zero attached hydrogens (tertiary/aromatic N) is 5. The van der Waals surface area contributed by atoms with E-state index in [1.165, 1.54) is 69.9 Å². The highest BCUT2D eigenvalue weighted by atomic mass is 19.4. The minimum absolute atomic E-state index is 0.00625. The molecule has 2 heterocycles. The van der Waals surface area contributed by atoms with Crippen molar-refractivity contribution in [3.8, 4) is 16.9 Å². The summed E-state index contributed by atoms with van der Waals surface area (Å²) in [4.78, 5) is 25.6. The Morgan fingerprint density at radius 3 is 1.94 bits per heavy atom. The second kappa shape index (κ2) is 27.5. The van der Waals surface area contributed by atoms with Gasteiger partial charge in [0.25, 0.3) is 0 Å². The lowest BCUT2D eigenvalue weighted by atomic mass is 10.0. The van der Waals surface area contributed by atoms with Gasteiger partial charge < -0.3 is 19.1 Å². The van der Waals surface area contributed by atoms with Crippen LogP contribution in [-0.2, 0) is 9.47 Å². The van der Waals surface area contributed by atoms with Gasteiger partial charge in [-0.25, -0.2) is 19.3 Å². The zero-order valence-corrected chi connectivity index (χ0v) is 39.1. The van der Waals surface area contributed by atoms with Crippen molar-refractivity contribution in [1.82, 2.24) is 14.6 Å². The van der Waals surface area contributed by atoms with Crippen LogP contribution in [0.4, 0.5) is 24.5 Å². The molecule has 4 aromatic rings. The molecular weight excluding hydrogens is 804 g/mol. The highest BCUT2D eigenvalue weighted by molar-refractivity contribution is 6.02. The van der Waals surface area contributed by atoms with Gasteiger partial charge in [0.1, 0.15) is 5.75 Å². The summed E-state index contributed by atoms with van der Waals surface area (Å²) in [7, 11) is 0. The number of unbranched alkanes of at least 4 members (excludes halogenated alkanes) is 16. The molecule has 63 heavy (non-hydrogen) atoms. The van der Waals surface area contributed by atoms with E-state index in [1.54, 1.807) is 22.7 Å². The molecule has 0 fully saturated rings. The molecule has 0 bridgehead atoms. The van der Waals surface area contributed by atoms with Crippen LogP contribution in [0.15, 0.2) is 41.4 Å². The number of esters is 1. The number of alkyl halides is 3. The number of halogens is 3. The summed E-state index contributed by atoms with van der Waals surface area (Å²) in [6.45, 7) is 15.5. The molecule has 2 aromatic carbocycles. The van der Waals surface area contributed by atoms with Crippen LogP contribution in [-0.4, -0.2) is 59.6 Å². The fraction of sp³-hybridized carbons (Fsp3) is 0.608. The Morgan fingerprint density at radius 1 is 0.746 bits per heavy atom. The summed E-state index contributed by atoms with van der Waals surface area (Å²) in [5.41, 5.74) is 5.04. The van der Waals surface area contributed by atoms with E-state index in [0.29, 0.717) is 53.0 Å². The normalized spacial score (nSPS) is 12.2. The third-order valence-electron chi connectivity index (χ3n) is 11.5. The fourth-order valence-corrected chi connectivity index (χ4v) is 7.85. The van der Waals surface area contributed by atoms with Crippen molar-refractivity contribution in [2.24, 2.45) is 4.99 Å². The number of aryl methyl sites for hydroxylation is 2. The number of anilines is 1. The SMILES string of the molecule is CCCCCCCCOC(=O)c1nn2/c(=C\c3ccc(N(CCCCCC)CCCCCC)cc3C)c(C)nc2c1-c1cc(OCCCCCCCC)ccc1N=COC(F)(F)F. The molecule has 348 valence electrons. The van der Waals surface area contributed by atoms with Gasteiger partial charge in [0.05, 0.1) is 35.5 Å². The van der Waals surface area contributed by atoms with Crippen molar-refractivity contribution in [3.05, 3.63) is 64.3 Å². The molecule has 0 aliphatic heterocycles. The van der Waals surface area contributed by atoms with Crippen molar-refractivity contribution >= 4 is 35.5 Å². The summed E-state index contributed by atoms with van der Waals surface area (Å²) in [6, 6.07) is 11.5. The Balaban J connectivity index is 1.79. The molecule has 0 saturated heterocycles. The maximum Gasteiger partial charge on any atom is 0.573 e. The van der Waals surface area contributed by atoms with Crippen LogP contribution in [0.2, 0.25) is 0 Å². The monoisotopic (exact) mass is 878 g/mol. The smallest absolute Gasteiger partial charge is 0.494 e. The molecule has 0 spiro atoms. The predicted octanol–water partition coefficient (Wildman–Crippen LogP) is 14.0. The zero-order chi connectivity index (χ0) is 45.5. The number of aliphatic imine (C=N–C) groups is 1.